The molecule has 0 aliphatic rings. The Bertz CT molecular complexity index is 389. The molecule has 0 aliphatic carbocycles. The average molecular weight is 179 g/mol. The Morgan fingerprint density at radius 1 is 1.42 bits per heavy atom. The zero-order valence-electron chi connectivity index (χ0n) is 7.00. The Hall–Kier alpha value is -1.09. The molecule has 2 nitrogen and oxygen atoms in total. The van der Waals surface area contributed by atoms with Crippen molar-refractivity contribution in [3.8, 4) is 10.8 Å². The maximum Gasteiger partial charge on any atom is 0.165 e. The van der Waals surface area contributed by atoms with E-state index in [1.807, 2.05) is 26.1 Å². The van der Waals surface area contributed by atoms with Gasteiger partial charge < -0.3 is 4.42 Å². The predicted molar refractivity (Wildman–Crippen MR) is 49.3 cm³/mol. The highest BCUT2D eigenvalue weighted by molar-refractivity contribution is 7.14. The Labute approximate surface area is 74.9 Å². The van der Waals surface area contributed by atoms with Crippen molar-refractivity contribution in [3.05, 3.63) is 29.0 Å². The third-order valence-electron chi connectivity index (χ3n) is 1.68. The van der Waals surface area contributed by atoms with E-state index in [0.717, 1.165) is 16.3 Å². The molecule has 0 bridgehead atoms. The lowest BCUT2D eigenvalue weighted by Crippen LogP contribution is -1.72. The molecule has 0 N–H and O–H groups in total. The van der Waals surface area contributed by atoms with Crippen LogP contribution in [0.3, 0.4) is 0 Å². The first-order chi connectivity index (χ1) is 5.77. The van der Waals surface area contributed by atoms with Gasteiger partial charge in [0.05, 0.1) is 6.26 Å². The molecule has 0 spiro atoms. The summed E-state index contributed by atoms with van der Waals surface area (Å²) >= 11 is 1.65. The van der Waals surface area contributed by atoms with Crippen LogP contribution in [0.25, 0.3) is 10.8 Å². The van der Waals surface area contributed by atoms with Crippen molar-refractivity contribution in [1.29, 1.82) is 0 Å². The van der Waals surface area contributed by atoms with Crippen LogP contribution in [0.2, 0.25) is 0 Å². The maximum atomic E-state index is 5.31. The summed E-state index contributed by atoms with van der Waals surface area (Å²) in [5.41, 5.74) is 1.14. The molecule has 0 atom stereocenters. The standard InChI is InChI=1S/C9H9NOS/c1-6-3-4-11-8(6)9-10-5-7(2)12-9/h3-5H,1-2H3. The van der Waals surface area contributed by atoms with Crippen molar-refractivity contribution >= 4 is 11.3 Å². The molecule has 0 unspecified atom stereocenters. The van der Waals surface area contributed by atoms with Gasteiger partial charge in [-0.1, -0.05) is 0 Å². The number of nitrogens with zero attached hydrogens (tertiary/aromatic N) is 1. The highest BCUT2D eigenvalue weighted by Crippen LogP contribution is 2.27. The molecule has 0 aromatic carbocycles. The van der Waals surface area contributed by atoms with Crippen molar-refractivity contribution in [2.75, 3.05) is 0 Å². The van der Waals surface area contributed by atoms with E-state index < -0.39 is 0 Å². The van der Waals surface area contributed by atoms with E-state index in [1.165, 1.54) is 4.88 Å². The highest BCUT2D eigenvalue weighted by atomic mass is 32.1. The first-order valence-corrected chi connectivity index (χ1v) is 4.56. The second-order valence-corrected chi connectivity index (χ2v) is 3.94. The lowest BCUT2D eigenvalue weighted by Gasteiger charge is -1.89. The van der Waals surface area contributed by atoms with E-state index in [9.17, 15) is 0 Å². The van der Waals surface area contributed by atoms with Gasteiger partial charge in [0.25, 0.3) is 0 Å². The molecule has 2 heterocycles. The molecule has 0 fully saturated rings. The summed E-state index contributed by atoms with van der Waals surface area (Å²) in [4.78, 5) is 5.45. The third kappa shape index (κ3) is 1.16. The van der Waals surface area contributed by atoms with Gasteiger partial charge in [0.1, 0.15) is 0 Å². The Balaban J connectivity index is 2.50. The molecular weight excluding hydrogens is 170 g/mol. The van der Waals surface area contributed by atoms with Crippen LogP contribution in [0.4, 0.5) is 0 Å². The van der Waals surface area contributed by atoms with E-state index in [1.54, 1.807) is 17.6 Å². The number of thiazole rings is 1. The fourth-order valence-corrected chi connectivity index (χ4v) is 1.87. The first kappa shape index (κ1) is 7.55. The Kier molecular flexibility index (Phi) is 1.73. The van der Waals surface area contributed by atoms with Gasteiger partial charge >= 0.3 is 0 Å². The minimum Gasteiger partial charge on any atom is -0.462 e. The summed E-state index contributed by atoms with van der Waals surface area (Å²) in [6.45, 7) is 4.06. The van der Waals surface area contributed by atoms with E-state index in [4.69, 9.17) is 4.42 Å². The van der Waals surface area contributed by atoms with Crippen molar-refractivity contribution in [3.63, 3.8) is 0 Å². The van der Waals surface area contributed by atoms with E-state index >= 15 is 0 Å². The smallest absolute Gasteiger partial charge is 0.165 e. The number of hydrogen-bond acceptors (Lipinski definition) is 3. The van der Waals surface area contributed by atoms with E-state index in [-0.39, 0.29) is 0 Å². The molecule has 2 rings (SSSR count). The molecule has 2 aromatic rings. The Morgan fingerprint density at radius 3 is 2.75 bits per heavy atom. The first-order valence-electron chi connectivity index (χ1n) is 3.74. The number of aromatic nitrogens is 1. The minimum atomic E-state index is 0.896. The van der Waals surface area contributed by atoms with Crippen LogP contribution in [-0.4, -0.2) is 4.98 Å². The van der Waals surface area contributed by atoms with Gasteiger partial charge in [-0.25, -0.2) is 4.98 Å². The van der Waals surface area contributed by atoms with Crippen LogP contribution in [0.15, 0.2) is 22.9 Å². The van der Waals surface area contributed by atoms with Crippen LogP contribution in [0.1, 0.15) is 10.4 Å². The zero-order chi connectivity index (χ0) is 8.55. The number of furan rings is 1. The lowest BCUT2D eigenvalue weighted by molar-refractivity contribution is 0.580. The minimum absolute atomic E-state index is 0.896. The van der Waals surface area contributed by atoms with Gasteiger partial charge in [-0.3, -0.25) is 0 Å². The summed E-state index contributed by atoms with van der Waals surface area (Å²) in [5.74, 6) is 0.896. The van der Waals surface area contributed by atoms with Crippen LogP contribution < -0.4 is 0 Å². The summed E-state index contributed by atoms with van der Waals surface area (Å²) < 4.78 is 5.31. The predicted octanol–water partition coefficient (Wildman–Crippen LogP) is 3.02. The fraction of sp³-hybridized carbons (Fsp3) is 0.222. The number of aryl methyl sites for hydroxylation is 2. The quantitative estimate of drug-likeness (QED) is 0.672. The monoisotopic (exact) mass is 179 g/mol. The summed E-state index contributed by atoms with van der Waals surface area (Å²) in [7, 11) is 0. The van der Waals surface area contributed by atoms with Crippen LogP contribution in [0.5, 0.6) is 0 Å². The van der Waals surface area contributed by atoms with Crippen molar-refractivity contribution in [2.45, 2.75) is 13.8 Å². The SMILES string of the molecule is Cc1cnc(-c2occc2C)s1. The highest BCUT2D eigenvalue weighted by Gasteiger charge is 2.08. The second-order valence-electron chi connectivity index (χ2n) is 2.71. The molecule has 2 aromatic heterocycles. The number of rotatable bonds is 1. The number of hydrogen-bond donors (Lipinski definition) is 0. The summed E-state index contributed by atoms with van der Waals surface area (Å²) in [5, 5.41) is 0.968. The molecule has 0 radical (unpaired) electrons. The maximum absolute atomic E-state index is 5.31. The molecule has 0 aliphatic heterocycles. The topological polar surface area (TPSA) is 26.0 Å². The van der Waals surface area contributed by atoms with Gasteiger partial charge in [-0.05, 0) is 25.5 Å². The Morgan fingerprint density at radius 2 is 2.25 bits per heavy atom. The summed E-state index contributed by atoms with van der Waals surface area (Å²) in [6, 6.07) is 1.95. The van der Waals surface area contributed by atoms with Gasteiger partial charge in [0, 0.05) is 11.1 Å². The fourth-order valence-electron chi connectivity index (χ4n) is 1.05. The van der Waals surface area contributed by atoms with Gasteiger partial charge in [-0.15, -0.1) is 11.3 Å². The molecule has 3 heteroatoms. The van der Waals surface area contributed by atoms with Crippen molar-refractivity contribution in [2.24, 2.45) is 0 Å². The largest absolute Gasteiger partial charge is 0.462 e. The second kappa shape index (κ2) is 2.75. The van der Waals surface area contributed by atoms with Crippen molar-refractivity contribution < 1.29 is 4.42 Å². The van der Waals surface area contributed by atoms with E-state index in [2.05, 4.69) is 4.98 Å². The lowest BCUT2D eigenvalue weighted by atomic mass is 10.3. The molecule has 0 saturated carbocycles. The molecular formula is C9H9NOS. The third-order valence-corrected chi connectivity index (χ3v) is 2.59. The van der Waals surface area contributed by atoms with Crippen molar-refractivity contribution in [1.82, 2.24) is 4.98 Å². The summed E-state index contributed by atoms with van der Waals surface area (Å²) in [6.07, 6.45) is 3.56. The molecule has 0 amide bonds. The van der Waals surface area contributed by atoms with Gasteiger partial charge in [0.2, 0.25) is 0 Å². The van der Waals surface area contributed by atoms with Crippen LogP contribution in [-0.2, 0) is 0 Å². The average Bonchev–Trinajstić information content (AvgIpc) is 2.58. The normalized spacial score (nSPS) is 10.5. The van der Waals surface area contributed by atoms with Crippen LogP contribution in [0, 0.1) is 13.8 Å². The zero-order valence-corrected chi connectivity index (χ0v) is 7.81. The van der Waals surface area contributed by atoms with Gasteiger partial charge in [0.15, 0.2) is 10.8 Å². The molecule has 62 valence electrons. The van der Waals surface area contributed by atoms with E-state index in [0.29, 0.717) is 0 Å². The van der Waals surface area contributed by atoms with Crippen LogP contribution >= 0.6 is 11.3 Å². The molecule has 12 heavy (non-hydrogen) atoms. The van der Waals surface area contributed by atoms with Gasteiger partial charge in [-0.2, -0.15) is 0 Å². The molecule has 0 saturated heterocycles.